The van der Waals surface area contributed by atoms with E-state index in [0.717, 1.165) is 17.4 Å². The second kappa shape index (κ2) is 10.4. The van der Waals surface area contributed by atoms with Gasteiger partial charge in [0.25, 0.3) is 17.2 Å². The van der Waals surface area contributed by atoms with Crippen molar-refractivity contribution in [1.82, 2.24) is 19.7 Å². The van der Waals surface area contributed by atoms with Crippen molar-refractivity contribution in [3.05, 3.63) is 92.5 Å². The lowest BCUT2D eigenvalue weighted by Gasteiger charge is -2.07. The van der Waals surface area contributed by atoms with Gasteiger partial charge in [-0.1, -0.05) is 35.6 Å². The number of nitrogens with zero attached hydrogens (tertiary/aromatic N) is 6. The smallest absolute Gasteiger partial charge is 0.299 e. The fraction of sp³-hybridized carbons (Fsp3) is 0.0909. The van der Waals surface area contributed by atoms with E-state index in [4.69, 9.17) is 12.2 Å². The Hall–Kier alpha value is -4.56. The SMILES string of the molecule is Cc1c(N=Nc2cnc(NC(=S)NC(=O)c3cccc([N+](=O)[O-])c3)s2)c(=O)n(-c2ccccc2)n1C. The highest BCUT2D eigenvalue weighted by molar-refractivity contribution is 7.80. The summed E-state index contributed by atoms with van der Waals surface area (Å²) in [6.07, 6.45) is 1.44. The van der Waals surface area contributed by atoms with Gasteiger partial charge in [-0.15, -0.1) is 10.2 Å². The van der Waals surface area contributed by atoms with Gasteiger partial charge in [0.2, 0.25) is 0 Å². The molecule has 0 saturated carbocycles. The Morgan fingerprint density at radius 3 is 2.64 bits per heavy atom. The molecule has 12 nitrogen and oxygen atoms in total. The number of carbonyl (C=O) groups excluding carboxylic acids is 1. The number of thiazole rings is 1. The van der Waals surface area contributed by atoms with Crippen LogP contribution in [0.5, 0.6) is 0 Å². The van der Waals surface area contributed by atoms with Crippen molar-refractivity contribution < 1.29 is 9.72 Å². The Kier molecular flexibility index (Phi) is 7.07. The highest BCUT2D eigenvalue weighted by Crippen LogP contribution is 2.28. The molecule has 2 heterocycles. The normalized spacial score (nSPS) is 10.9. The number of nitro benzene ring substituents is 1. The third kappa shape index (κ3) is 5.24. The third-order valence-electron chi connectivity index (χ3n) is 5.03. The van der Waals surface area contributed by atoms with E-state index in [1.165, 1.54) is 29.1 Å². The van der Waals surface area contributed by atoms with Crippen LogP contribution in [0.3, 0.4) is 0 Å². The number of anilines is 1. The first kappa shape index (κ1) is 24.6. The molecule has 1 amide bonds. The first-order valence-electron chi connectivity index (χ1n) is 10.3. The number of aromatic nitrogens is 3. The molecule has 0 bridgehead atoms. The topological polar surface area (TPSA) is 149 Å². The van der Waals surface area contributed by atoms with Gasteiger partial charge in [-0.3, -0.25) is 29.7 Å². The largest absolute Gasteiger partial charge is 0.308 e. The molecule has 4 rings (SSSR count). The minimum Gasteiger partial charge on any atom is -0.308 e. The number of thiocarbonyl (C=S) groups is 1. The van der Waals surface area contributed by atoms with Crippen LogP contribution in [0, 0.1) is 17.0 Å². The van der Waals surface area contributed by atoms with E-state index in [2.05, 4.69) is 25.8 Å². The average Bonchev–Trinajstić information content (AvgIpc) is 3.39. The van der Waals surface area contributed by atoms with Gasteiger partial charge in [0.05, 0.1) is 22.5 Å². The number of benzene rings is 2. The molecule has 0 aliphatic heterocycles. The molecule has 0 radical (unpaired) electrons. The highest BCUT2D eigenvalue weighted by atomic mass is 32.1. The van der Waals surface area contributed by atoms with Gasteiger partial charge in [0, 0.05) is 24.7 Å². The van der Waals surface area contributed by atoms with Crippen LogP contribution >= 0.6 is 23.6 Å². The highest BCUT2D eigenvalue weighted by Gasteiger charge is 2.16. The molecule has 2 aromatic carbocycles. The Morgan fingerprint density at radius 1 is 1.17 bits per heavy atom. The minimum atomic E-state index is -0.609. The number of non-ortho nitro benzene ring substituents is 1. The molecule has 0 aliphatic rings. The summed E-state index contributed by atoms with van der Waals surface area (Å²) in [5.41, 5.74) is 1.11. The van der Waals surface area contributed by atoms with Gasteiger partial charge in [-0.25, -0.2) is 9.67 Å². The molecular formula is C22H18N8O4S2. The van der Waals surface area contributed by atoms with Crippen molar-refractivity contribution >= 4 is 56.1 Å². The molecule has 0 spiro atoms. The third-order valence-corrected chi connectivity index (χ3v) is 6.03. The van der Waals surface area contributed by atoms with Gasteiger partial charge in [-0.05, 0) is 37.3 Å². The predicted octanol–water partition coefficient (Wildman–Crippen LogP) is 4.39. The standard InChI is InChI=1S/C22H18N8O4S2/c1-13-18(20(32)29(28(13)2)15-8-4-3-5-9-15)27-26-17-12-23-22(36-17)25-21(35)24-19(31)14-7-6-10-16(11-14)30(33)34/h3-12H,1-2H3,(H2,23,24,25,31,35). The molecule has 14 heteroatoms. The van der Waals surface area contributed by atoms with Crippen molar-refractivity contribution in [2.24, 2.45) is 17.3 Å². The number of carbonyl (C=O) groups is 1. The minimum absolute atomic E-state index is 0.0472. The zero-order valence-corrected chi connectivity index (χ0v) is 20.5. The number of rotatable bonds is 6. The number of para-hydroxylation sites is 1. The van der Waals surface area contributed by atoms with Crippen LogP contribution in [0.15, 0.2) is 75.8 Å². The summed E-state index contributed by atoms with van der Waals surface area (Å²) in [7, 11) is 1.76. The van der Waals surface area contributed by atoms with Crippen molar-refractivity contribution in [2.75, 3.05) is 5.32 Å². The van der Waals surface area contributed by atoms with Crippen molar-refractivity contribution in [3.8, 4) is 5.69 Å². The fourth-order valence-electron chi connectivity index (χ4n) is 3.20. The summed E-state index contributed by atoms with van der Waals surface area (Å²) < 4.78 is 3.21. The van der Waals surface area contributed by atoms with Crippen LogP contribution in [0.1, 0.15) is 16.1 Å². The van der Waals surface area contributed by atoms with Gasteiger partial charge >= 0.3 is 0 Å². The van der Waals surface area contributed by atoms with Crippen LogP contribution in [0.2, 0.25) is 0 Å². The van der Waals surface area contributed by atoms with Crippen molar-refractivity contribution in [1.29, 1.82) is 0 Å². The maximum absolute atomic E-state index is 12.9. The van der Waals surface area contributed by atoms with Gasteiger partial charge in [0.15, 0.2) is 20.9 Å². The van der Waals surface area contributed by atoms with Crippen LogP contribution in [0.4, 0.5) is 21.5 Å². The summed E-state index contributed by atoms with van der Waals surface area (Å²) in [5.74, 6) is -0.609. The van der Waals surface area contributed by atoms with E-state index in [1.54, 1.807) is 18.7 Å². The van der Waals surface area contributed by atoms with Crippen LogP contribution in [-0.4, -0.2) is 30.3 Å². The van der Waals surface area contributed by atoms with E-state index in [1.807, 2.05) is 30.3 Å². The lowest BCUT2D eigenvalue weighted by molar-refractivity contribution is -0.384. The maximum atomic E-state index is 12.9. The number of nitrogens with one attached hydrogen (secondary N) is 2. The van der Waals surface area contributed by atoms with E-state index in [9.17, 15) is 19.7 Å². The number of azo groups is 1. The molecule has 0 aliphatic carbocycles. The van der Waals surface area contributed by atoms with Crippen LogP contribution < -0.4 is 16.2 Å². The summed E-state index contributed by atoms with van der Waals surface area (Å²) in [5, 5.41) is 25.1. The molecule has 2 N–H and O–H groups in total. The molecule has 0 unspecified atom stereocenters. The van der Waals surface area contributed by atoms with Gasteiger partial charge in [0.1, 0.15) is 0 Å². The van der Waals surface area contributed by atoms with Crippen molar-refractivity contribution in [3.63, 3.8) is 0 Å². The average molecular weight is 523 g/mol. The summed E-state index contributed by atoms with van der Waals surface area (Å²) in [6, 6.07) is 14.5. The number of hydrogen-bond donors (Lipinski definition) is 2. The first-order chi connectivity index (χ1) is 17.2. The summed E-state index contributed by atoms with van der Waals surface area (Å²) in [4.78, 5) is 39.7. The van der Waals surface area contributed by atoms with Crippen LogP contribution in [-0.2, 0) is 7.05 Å². The zero-order valence-electron chi connectivity index (χ0n) is 18.9. The van der Waals surface area contributed by atoms with Gasteiger partial charge < -0.3 is 5.32 Å². The summed E-state index contributed by atoms with van der Waals surface area (Å²) >= 11 is 6.24. The lowest BCUT2D eigenvalue weighted by atomic mass is 10.2. The molecule has 2 aromatic heterocycles. The van der Waals surface area contributed by atoms with Crippen molar-refractivity contribution in [2.45, 2.75) is 6.92 Å². The predicted molar refractivity (Wildman–Crippen MR) is 139 cm³/mol. The molecule has 4 aromatic rings. The lowest BCUT2D eigenvalue weighted by Crippen LogP contribution is -2.34. The first-order valence-corrected chi connectivity index (χ1v) is 11.6. The molecule has 0 fully saturated rings. The zero-order chi connectivity index (χ0) is 25.8. The number of amides is 1. The fourth-order valence-corrected chi connectivity index (χ4v) is 4.10. The molecule has 182 valence electrons. The monoisotopic (exact) mass is 522 g/mol. The Morgan fingerprint density at radius 2 is 1.92 bits per heavy atom. The van der Waals surface area contributed by atoms with Gasteiger partial charge in [-0.2, -0.15) is 0 Å². The molecule has 0 atom stereocenters. The second-order valence-corrected chi connectivity index (χ2v) is 8.75. The Labute approximate surface area is 213 Å². The summed E-state index contributed by atoms with van der Waals surface area (Å²) in [6.45, 7) is 1.78. The van der Waals surface area contributed by atoms with E-state index in [-0.39, 0.29) is 27.6 Å². The Bertz CT molecular complexity index is 1560. The maximum Gasteiger partial charge on any atom is 0.299 e. The molecular weight excluding hydrogens is 504 g/mol. The molecule has 0 saturated heterocycles. The van der Waals surface area contributed by atoms with E-state index in [0.29, 0.717) is 21.5 Å². The Balaban J connectivity index is 1.44. The second-order valence-electron chi connectivity index (χ2n) is 7.33. The molecule has 36 heavy (non-hydrogen) atoms. The number of nitro groups is 1. The number of hydrogen-bond acceptors (Lipinski definition) is 9. The van der Waals surface area contributed by atoms with Crippen LogP contribution in [0.25, 0.3) is 5.69 Å². The van der Waals surface area contributed by atoms with E-state index < -0.39 is 10.8 Å². The quantitative estimate of drug-likeness (QED) is 0.165. The van der Waals surface area contributed by atoms with E-state index >= 15 is 0 Å².